The van der Waals surface area contributed by atoms with Crippen LogP contribution >= 0.6 is 23.1 Å². The molecule has 0 amide bonds. The minimum atomic E-state index is -0.334. The molecule has 0 radical (unpaired) electrons. The third-order valence-corrected chi connectivity index (χ3v) is 6.07. The van der Waals surface area contributed by atoms with Gasteiger partial charge in [0.1, 0.15) is 0 Å². The first kappa shape index (κ1) is 19.0. The van der Waals surface area contributed by atoms with E-state index in [0.29, 0.717) is 16.7 Å². The summed E-state index contributed by atoms with van der Waals surface area (Å²) in [6.07, 6.45) is 7.31. The van der Waals surface area contributed by atoms with Crippen LogP contribution in [0.25, 0.3) is 17.3 Å². The van der Waals surface area contributed by atoms with Gasteiger partial charge in [-0.2, -0.15) is 4.98 Å². The molecule has 3 aromatic rings. The predicted octanol–water partition coefficient (Wildman–Crippen LogP) is 5.73. The summed E-state index contributed by atoms with van der Waals surface area (Å²) in [5, 5.41) is 14.9. The number of rotatable bonds is 7. The number of unbranched alkanes of at least 4 members (excludes halogenated alkanes) is 2. The van der Waals surface area contributed by atoms with Crippen molar-refractivity contribution in [3.63, 3.8) is 0 Å². The molecule has 1 N–H and O–H groups in total. The molecule has 1 atom stereocenters. The van der Waals surface area contributed by atoms with E-state index in [9.17, 15) is 0 Å². The average molecular weight is 411 g/mol. The van der Waals surface area contributed by atoms with E-state index < -0.39 is 0 Å². The summed E-state index contributed by atoms with van der Waals surface area (Å²) in [6.45, 7) is 2.20. The number of nitrogens with zero attached hydrogens (tertiary/aromatic N) is 3. The standard InChI is InChI=1S/C21H22N4OS2/c1-2-3-6-13-28-21-23-20-19(24-25-21)16-9-4-5-10-17(16)22-18(26-20)12-11-15-8-7-14-27-15/h4-5,7-12,14,18,22H,2-3,6,13H2,1H3/b12-11+. The van der Waals surface area contributed by atoms with Gasteiger partial charge in [-0.25, -0.2) is 0 Å². The molecule has 7 heteroatoms. The minimum Gasteiger partial charge on any atom is -0.448 e. The molecule has 28 heavy (non-hydrogen) atoms. The first-order chi connectivity index (χ1) is 13.8. The second-order valence-corrected chi connectivity index (χ2v) is 8.45. The maximum atomic E-state index is 6.19. The molecule has 1 aromatic carbocycles. The van der Waals surface area contributed by atoms with Crippen molar-refractivity contribution in [3.05, 3.63) is 52.7 Å². The highest BCUT2D eigenvalue weighted by atomic mass is 32.2. The topological polar surface area (TPSA) is 59.9 Å². The molecule has 1 aliphatic rings. The molecular weight excluding hydrogens is 388 g/mol. The molecule has 144 valence electrons. The molecule has 0 spiro atoms. The Labute approximate surface area is 173 Å². The molecule has 0 saturated carbocycles. The Morgan fingerprint density at radius 1 is 1.18 bits per heavy atom. The number of fused-ring (bicyclic) bond motifs is 3. The maximum absolute atomic E-state index is 6.19. The number of thiophene rings is 1. The zero-order chi connectivity index (χ0) is 19.2. The lowest BCUT2D eigenvalue weighted by molar-refractivity contribution is 0.266. The number of nitrogens with one attached hydrogen (secondary N) is 1. The number of thioether (sulfide) groups is 1. The largest absolute Gasteiger partial charge is 0.448 e. The van der Waals surface area contributed by atoms with Gasteiger partial charge in [0.15, 0.2) is 11.9 Å². The van der Waals surface area contributed by atoms with Crippen LogP contribution in [-0.4, -0.2) is 27.2 Å². The Kier molecular flexibility index (Phi) is 6.24. The smallest absolute Gasteiger partial charge is 0.247 e. The van der Waals surface area contributed by atoms with E-state index >= 15 is 0 Å². The fraction of sp³-hybridized carbons (Fsp3) is 0.286. The van der Waals surface area contributed by atoms with Gasteiger partial charge in [-0.1, -0.05) is 55.8 Å². The third kappa shape index (κ3) is 4.54. The van der Waals surface area contributed by atoms with Crippen molar-refractivity contribution in [1.29, 1.82) is 0 Å². The van der Waals surface area contributed by atoms with Gasteiger partial charge in [0.2, 0.25) is 11.0 Å². The predicted molar refractivity (Wildman–Crippen MR) is 117 cm³/mol. The number of ether oxygens (including phenoxy) is 1. The summed E-state index contributed by atoms with van der Waals surface area (Å²) in [5.41, 5.74) is 2.58. The van der Waals surface area contributed by atoms with E-state index in [4.69, 9.17) is 4.74 Å². The van der Waals surface area contributed by atoms with Crippen LogP contribution in [0, 0.1) is 0 Å². The van der Waals surface area contributed by atoms with Crippen molar-refractivity contribution in [3.8, 4) is 17.1 Å². The van der Waals surface area contributed by atoms with Crippen LogP contribution in [0.5, 0.6) is 5.88 Å². The summed E-state index contributed by atoms with van der Waals surface area (Å²) in [5.74, 6) is 1.51. The zero-order valence-corrected chi connectivity index (χ0v) is 17.3. The summed E-state index contributed by atoms with van der Waals surface area (Å²) in [6, 6.07) is 12.1. The molecule has 4 rings (SSSR count). The van der Waals surface area contributed by atoms with Crippen LogP contribution in [0.4, 0.5) is 5.69 Å². The van der Waals surface area contributed by atoms with Crippen LogP contribution in [0.2, 0.25) is 0 Å². The van der Waals surface area contributed by atoms with E-state index in [1.54, 1.807) is 23.1 Å². The fourth-order valence-electron chi connectivity index (χ4n) is 2.90. The molecule has 3 heterocycles. The quantitative estimate of drug-likeness (QED) is 0.397. The highest BCUT2D eigenvalue weighted by Crippen LogP contribution is 2.36. The molecular formula is C21H22N4OS2. The van der Waals surface area contributed by atoms with E-state index in [1.807, 2.05) is 36.4 Å². The number of hydrogen-bond acceptors (Lipinski definition) is 7. The van der Waals surface area contributed by atoms with Crippen molar-refractivity contribution >= 4 is 34.9 Å². The summed E-state index contributed by atoms with van der Waals surface area (Å²) in [4.78, 5) is 5.84. The Morgan fingerprint density at radius 3 is 2.96 bits per heavy atom. The Hall–Kier alpha value is -2.38. The molecule has 0 aliphatic carbocycles. The lowest BCUT2D eigenvalue weighted by atomic mass is 10.1. The Morgan fingerprint density at radius 2 is 2.11 bits per heavy atom. The summed E-state index contributed by atoms with van der Waals surface area (Å²) in [7, 11) is 0. The van der Waals surface area contributed by atoms with Crippen molar-refractivity contribution in [1.82, 2.24) is 15.2 Å². The van der Waals surface area contributed by atoms with Crippen LogP contribution in [0.15, 0.2) is 53.0 Å². The van der Waals surface area contributed by atoms with Gasteiger partial charge in [0, 0.05) is 21.9 Å². The molecule has 1 unspecified atom stereocenters. The SMILES string of the molecule is CCCCCSc1nnc2c(n1)OC(/C=C/c1cccs1)Nc1ccccc1-2. The number of anilines is 1. The number of para-hydroxylation sites is 1. The third-order valence-electron chi connectivity index (χ3n) is 4.31. The first-order valence-corrected chi connectivity index (χ1v) is 11.3. The highest BCUT2D eigenvalue weighted by Gasteiger charge is 2.23. The Bertz CT molecular complexity index is 943. The van der Waals surface area contributed by atoms with Crippen molar-refractivity contribution in [2.75, 3.05) is 11.1 Å². The van der Waals surface area contributed by atoms with Gasteiger partial charge in [-0.15, -0.1) is 21.5 Å². The van der Waals surface area contributed by atoms with E-state index in [-0.39, 0.29) is 6.23 Å². The van der Waals surface area contributed by atoms with E-state index in [2.05, 4.69) is 44.9 Å². The minimum absolute atomic E-state index is 0.334. The van der Waals surface area contributed by atoms with Crippen molar-refractivity contribution in [2.24, 2.45) is 0 Å². The number of hydrogen-bond donors (Lipinski definition) is 1. The van der Waals surface area contributed by atoms with Gasteiger partial charge in [-0.3, -0.25) is 0 Å². The molecule has 0 saturated heterocycles. The fourth-order valence-corrected chi connectivity index (χ4v) is 4.31. The Balaban J connectivity index is 1.61. The van der Waals surface area contributed by atoms with Crippen molar-refractivity contribution < 1.29 is 4.74 Å². The van der Waals surface area contributed by atoms with Gasteiger partial charge in [-0.05, 0) is 36.1 Å². The van der Waals surface area contributed by atoms with Crippen LogP contribution in [-0.2, 0) is 0 Å². The van der Waals surface area contributed by atoms with Crippen LogP contribution in [0.3, 0.4) is 0 Å². The lowest BCUT2D eigenvalue weighted by Gasteiger charge is -2.15. The second kappa shape index (κ2) is 9.21. The normalized spacial score (nSPS) is 15.4. The van der Waals surface area contributed by atoms with Crippen LogP contribution < -0.4 is 10.1 Å². The zero-order valence-electron chi connectivity index (χ0n) is 15.7. The number of benzene rings is 1. The molecule has 0 bridgehead atoms. The second-order valence-electron chi connectivity index (χ2n) is 6.41. The van der Waals surface area contributed by atoms with Crippen LogP contribution in [0.1, 0.15) is 31.1 Å². The van der Waals surface area contributed by atoms with Crippen molar-refractivity contribution in [2.45, 2.75) is 37.6 Å². The summed E-state index contributed by atoms with van der Waals surface area (Å²) < 4.78 is 6.19. The van der Waals surface area contributed by atoms with E-state index in [1.165, 1.54) is 17.7 Å². The van der Waals surface area contributed by atoms with E-state index in [0.717, 1.165) is 23.4 Å². The highest BCUT2D eigenvalue weighted by molar-refractivity contribution is 7.99. The molecule has 5 nitrogen and oxygen atoms in total. The van der Waals surface area contributed by atoms with Gasteiger partial charge in [0.25, 0.3) is 0 Å². The molecule has 1 aliphatic heterocycles. The first-order valence-electron chi connectivity index (χ1n) is 9.45. The molecule has 2 aromatic heterocycles. The van der Waals surface area contributed by atoms with Gasteiger partial charge in [0.05, 0.1) is 0 Å². The lowest BCUT2D eigenvalue weighted by Crippen LogP contribution is -2.23. The molecule has 0 fully saturated rings. The average Bonchev–Trinajstić information content (AvgIpc) is 3.18. The number of aromatic nitrogens is 3. The van der Waals surface area contributed by atoms with Gasteiger partial charge >= 0.3 is 0 Å². The van der Waals surface area contributed by atoms with Gasteiger partial charge < -0.3 is 10.1 Å². The summed E-state index contributed by atoms with van der Waals surface area (Å²) >= 11 is 3.32. The monoisotopic (exact) mass is 410 g/mol. The maximum Gasteiger partial charge on any atom is 0.247 e.